The van der Waals surface area contributed by atoms with Gasteiger partial charge in [-0.25, -0.2) is 0 Å². The number of carbonyl (C=O) groups is 2. The Hall–Kier alpha value is -3.39. The number of aliphatic hydroxyl groups excluding tert-OH is 1. The standard InChI is InChI=1S/C28H34N4O4/c1-4-28(5-2)14-23(34)32(27(29)31-28)25-16(3)15-36-22-11-10-18(12-20(22)25)26(35)30-24-19-9-7-6-8-17(19)13-21(24)33/h6-12,16,21,24-25,33H,4-5,13-15H2,1-3H3,(H2,29,31)(H,30,35)/t16-,21+,24+,25+/m0/s1. The van der Waals surface area contributed by atoms with Crippen molar-refractivity contribution in [1.29, 1.82) is 5.41 Å². The second-order valence-corrected chi connectivity index (χ2v) is 10.3. The van der Waals surface area contributed by atoms with Crippen LogP contribution < -0.4 is 15.4 Å². The van der Waals surface area contributed by atoms with Crippen LogP contribution in [0, 0.1) is 11.3 Å². The van der Waals surface area contributed by atoms with Gasteiger partial charge in [0.25, 0.3) is 5.91 Å². The van der Waals surface area contributed by atoms with E-state index < -0.39 is 23.7 Å². The Morgan fingerprint density at radius 2 is 1.97 bits per heavy atom. The topological polar surface area (TPSA) is 115 Å². The van der Waals surface area contributed by atoms with Crippen molar-refractivity contribution in [1.82, 2.24) is 15.5 Å². The molecule has 8 heteroatoms. The lowest BCUT2D eigenvalue weighted by Crippen LogP contribution is -2.63. The molecule has 2 aromatic carbocycles. The lowest BCUT2D eigenvalue weighted by atomic mass is 9.84. The van der Waals surface area contributed by atoms with Gasteiger partial charge in [0.2, 0.25) is 5.91 Å². The molecule has 0 saturated carbocycles. The molecule has 2 amide bonds. The number of hydrogen-bond donors (Lipinski definition) is 4. The van der Waals surface area contributed by atoms with E-state index in [9.17, 15) is 14.7 Å². The van der Waals surface area contributed by atoms with Crippen LogP contribution in [0.2, 0.25) is 0 Å². The molecule has 5 rings (SSSR count). The van der Waals surface area contributed by atoms with Crippen molar-refractivity contribution in [2.75, 3.05) is 6.61 Å². The summed E-state index contributed by atoms with van der Waals surface area (Å²) >= 11 is 0. The molecule has 0 radical (unpaired) electrons. The van der Waals surface area contributed by atoms with E-state index in [0.717, 1.165) is 24.0 Å². The molecule has 1 saturated heterocycles. The van der Waals surface area contributed by atoms with E-state index in [2.05, 4.69) is 10.6 Å². The number of rotatable bonds is 5. The zero-order chi connectivity index (χ0) is 25.6. The molecule has 4 atom stereocenters. The predicted molar refractivity (Wildman–Crippen MR) is 136 cm³/mol. The van der Waals surface area contributed by atoms with E-state index in [1.54, 1.807) is 18.2 Å². The van der Waals surface area contributed by atoms with Gasteiger partial charge in [-0.2, -0.15) is 0 Å². The van der Waals surface area contributed by atoms with Gasteiger partial charge in [-0.1, -0.05) is 45.0 Å². The second kappa shape index (κ2) is 9.24. The first-order valence-corrected chi connectivity index (χ1v) is 12.8. The van der Waals surface area contributed by atoms with Gasteiger partial charge in [0, 0.05) is 29.0 Å². The summed E-state index contributed by atoms with van der Waals surface area (Å²) in [5.41, 5.74) is 2.71. The van der Waals surface area contributed by atoms with E-state index in [0.29, 0.717) is 36.3 Å². The highest BCUT2D eigenvalue weighted by molar-refractivity contribution is 6.00. The third kappa shape index (κ3) is 4.03. The molecule has 190 valence electrons. The third-order valence-electron chi connectivity index (χ3n) is 8.14. The molecule has 1 aliphatic carbocycles. The third-order valence-corrected chi connectivity index (χ3v) is 8.14. The van der Waals surface area contributed by atoms with Crippen LogP contribution >= 0.6 is 0 Å². The molecule has 0 bridgehead atoms. The number of nitrogens with zero attached hydrogens (tertiary/aromatic N) is 1. The number of nitrogens with one attached hydrogen (secondary N) is 3. The zero-order valence-corrected chi connectivity index (χ0v) is 21.0. The van der Waals surface area contributed by atoms with Gasteiger partial charge >= 0.3 is 0 Å². The van der Waals surface area contributed by atoms with Gasteiger partial charge in [-0.05, 0) is 42.2 Å². The molecule has 1 fully saturated rings. The largest absolute Gasteiger partial charge is 0.493 e. The Labute approximate surface area is 211 Å². The minimum absolute atomic E-state index is 0.0683. The van der Waals surface area contributed by atoms with Crippen molar-refractivity contribution in [2.24, 2.45) is 5.92 Å². The quantitative estimate of drug-likeness (QED) is 0.513. The monoisotopic (exact) mass is 490 g/mol. The van der Waals surface area contributed by atoms with Crippen molar-refractivity contribution in [3.05, 3.63) is 64.7 Å². The van der Waals surface area contributed by atoms with Crippen LogP contribution in [-0.4, -0.2) is 46.0 Å². The highest BCUT2D eigenvalue weighted by Gasteiger charge is 2.45. The minimum atomic E-state index is -0.685. The lowest BCUT2D eigenvalue weighted by Gasteiger charge is -2.47. The van der Waals surface area contributed by atoms with Crippen LogP contribution in [0.3, 0.4) is 0 Å². The highest BCUT2D eigenvalue weighted by Crippen LogP contribution is 2.42. The van der Waals surface area contributed by atoms with Crippen LogP contribution in [0.5, 0.6) is 5.75 Å². The molecular weight excluding hydrogens is 456 g/mol. The number of aliphatic hydroxyl groups is 1. The molecule has 0 spiro atoms. The van der Waals surface area contributed by atoms with Gasteiger partial charge < -0.3 is 20.5 Å². The summed E-state index contributed by atoms with van der Waals surface area (Å²) in [4.78, 5) is 28.2. The van der Waals surface area contributed by atoms with Crippen molar-refractivity contribution in [3.8, 4) is 5.75 Å². The number of benzene rings is 2. The number of amides is 2. The van der Waals surface area contributed by atoms with Crippen LogP contribution in [0.15, 0.2) is 42.5 Å². The summed E-state index contributed by atoms with van der Waals surface area (Å²) in [7, 11) is 0. The van der Waals surface area contributed by atoms with Gasteiger partial charge in [-0.3, -0.25) is 19.9 Å². The Balaban J connectivity index is 1.43. The van der Waals surface area contributed by atoms with Crippen molar-refractivity contribution in [3.63, 3.8) is 0 Å². The number of carbonyl (C=O) groups excluding carboxylic acids is 2. The molecule has 2 heterocycles. The second-order valence-electron chi connectivity index (χ2n) is 10.3. The van der Waals surface area contributed by atoms with E-state index in [-0.39, 0.29) is 23.7 Å². The fourth-order valence-electron chi connectivity index (χ4n) is 5.86. The average Bonchev–Trinajstić information content (AvgIpc) is 3.19. The first-order chi connectivity index (χ1) is 17.3. The molecule has 0 unspecified atom stereocenters. The molecule has 8 nitrogen and oxygen atoms in total. The summed E-state index contributed by atoms with van der Waals surface area (Å²) in [6.07, 6.45) is 1.65. The predicted octanol–water partition coefficient (Wildman–Crippen LogP) is 3.46. The SMILES string of the molecule is CCC1(CC)CC(=O)N([C@H]2c3cc(C(=O)N[C@@H]4c5ccccc5C[C@H]4O)ccc3OC[C@@H]2C)C(=N)N1. The lowest BCUT2D eigenvalue weighted by molar-refractivity contribution is -0.134. The molecule has 2 aromatic rings. The van der Waals surface area contributed by atoms with E-state index in [4.69, 9.17) is 10.1 Å². The fourth-order valence-corrected chi connectivity index (χ4v) is 5.86. The van der Waals surface area contributed by atoms with Crippen LogP contribution in [-0.2, 0) is 11.2 Å². The molecule has 4 N–H and O–H groups in total. The van der Waals surface area contributed by atoms with Crippen LogP contribution in [0.1, 0.15) is 79.2 Å². The van der Waals surface area contributed by atoms with Gasteiger partial charge in [0.15, 0.2) is 5.96 Å². The number of ether oxygens (including phenoxy) is 1. The summed E-state index contributed by atoms with van der Waals surface area (Å²) in [6.45, 7) is 6.47. The maximum atomic E-state index is 13.4. The Morgan fingerprint density at radius 3 is 2.69 bits per heavy atom. The summed E-state index contributed by atoms with van der Waals surface area (Å²) in [5.74, 6) is 0.253. The smallest absolute Gasteiger partial charge is 0.251 e. The zero-order valence-electron chi connectivity index (χ0n) is 21.0. The first kappa shape index (κ1) is 24.3. The molecule has 36 heavy (non-hydrogen) atoms. The summed E-state index contributed by atoms with van der Waals surface area (Å²) < 4.78 is 5.94. The number of guanidine groups is 1. The number of fused-ring (bicyclic) bond motifs is 2. The maximum absolute atomic E-state index is 13.4. The fraction of sp³-hybridized carbons (Fsp3) is 0.464. The van der Waals surface area contributed by atoms with Crippen molar-refractivity contribution < 1.29 is 19.4 Å². The molecule has 0 aromatic heterocycles. The Bertz CT molecular complexity index is 1190. The van der Waals surface area contributed by atoms with Gasteiger partial charge in [0.05, 0.1) is 31.2 Å². The van der Waals surface area contributed by atoms with E-state index in [1.165, 1.54) is 4.90 Å². The van der Waals surface area contributed by atoms with Crippen LogP contribution in [0.25, 0.3) is 0 Å². The maximum Gasteiger partial charge on any atom is 0.251 e. The first-order valence-electron chi connectivity index (χ1n) is 12.8. The average molecular weight is 491 g/mol. The molecular formula is C28H34N4O4. The molecule has 3 aliphatic rings. The summed E-state index contributed by atoms with van der Waals surface area (Å²) in [5, 5.41) is 25.6. The normalized spacial score (nSPS) is 26.5. The van der Waals surface area contributed by atoms with Crippen molar-refractivity contribution in [2.45, 2.75) is 70.2 Å². The van der Waals surface area contributed by atoms with E-state index >= 15 is 0 Å². The van der Waals surface area contributed by atoms with Gasteiger partial charge in [-0.15, -0.1) is 0 Å². The Morgan fingerprint density at radius 1 is 1.22 bits per heavy atom. The minimum Gasteiger partial charge on any atom is -0.493 e. The number of hydrogen-bond acceptors (Lipinski definition) is 5. The highest BCUT2D eigenvalue weighted by atomic mass is 16.5. The summed E-state index contributed by atoms with van der Waals surface area (Å²) in [6, 6.07) is 12.1. The van der Waals surface area contributed by atoms with Crippen molar-refractivity contribution >= 4 is 17.8 Å². The van der Waals surface area contributed by atoms with Gasteiger partial charge in [0.1, 0.15) is 5.75 Å². The Kier molecular flexibility index (Phi) is 6.24. The van der Waals surface area contributed by atoms with Crippen LogP contribution in [0.4, 0.5) is 0 Å². The molecule has 2 aliphatic heterocycles. The van der Waals surface area contributed by atoms with E-state index in [1.807, 2.05) is 45.0 Å².